The minimum atomic E-state index is 0.613. The number of benzene rings is 2. The molecule has 0 fully saturated rings. The monoisotopic (exact) mass is 632 g/mol. The van der Waals surface area contributed by atoms with Crippen molar-refractivity contribution in [3.8, 4) is 11.5 Å². The van der Waals surface area contributed by atoms with Crippen LogP contribution in [0.1, 0.15) is 44.2 Å². The van der Waals surface area contributed by atoms with Crippen LogP contribution in [0.4, 0.5) is 0 Å². The van der Waals surface area contributed by atoms with E-state index in [1.54, 1.807) is 0 Å². The van der Waals surface area contributed by atoms with Crippen LogP contribution in [0.15, 0.2) is 24.3 Å². The normalized spacial score (nSPS) is 10.9. The molecule has 2 aromatic rings. The fourth-order valence-corrected chi connectivity index (χ4v) is 5.39. The van der Waals surface area contributed by atoms with Gasteiger partial charge in [-0.25, -0.2) is 0 Å². The zero-order chi connectivity index (χ0) is 19.8. The highest BCUT2D eigenvalue weighted by molar-refractivity contribution is 14.1. The summed E-state index contributed by atoms with van der Waals surface area (Å²) in [6, 6.07) is 7.90. The van der Waals surface area contributed by atoms with E-state index in [4.69, 9.17) is 32.7 Å². The molecule has 0 spiro atoms. The maximum Gasteiger partial charge on any atom is 0.135 e. The average Bonchev–Trinajstić information content (AvgIpc) is 2.58. The van der Waals surface area contributed by atoms with Crippen molar-refractivity contribution in [2.45, 2.75) is 46.0 Å². The SMILES string of the molecule is CCCc1cc(Cl)cc(I)c1OCCCOc1c(I)cc(Cl)cc1CCC. The number of hydrogen-bond donors (Lipinski definition) is 0. The molecule has 2 nitrogen and oxygen atoms in total. The predicted octanol–water partition coefficient (Wildman–Crippen LogP) is 7.96. The van der Waals surface area contributed by atoms with E-state index >= 15 is 0 Å². The maximum atomic E-state index is 6.19. The number of aryl methyl sites for hydroxylation is 2. The Kier molecular flexibility index (Phi) is 10.3. The second kappa shape index (κ2) is 11.9. The van der Waals surface area contributed by atoms with Crippen LogP contribution in [0.3, 0.4) is 0 Å². The van der Waals surface area contributed by atoms with E-state index in [0.717, 1.165) is 60.8 Å². The first-order valence-corrected chi connectivity index (χ1v) is 12.1. The maximum absolute atomic E-state index is 6.19. The summed E-state index contributed by atoms with van der Waals surface area (Å²) in [5.74, 6) is 1.91. The van der Waals surface area contributed by atoms with Crippen LogP contribution in [0.25, 0.3) is 0 Å². The number of rotatable bonds is 10. The molecule has 0 saturated heterocycles. The van der Waals surface area contributed by atoms with Crippen molar-refractivity contribution in [3.63, 3.8) is 0 Å². The second-order valence-electron chi connectivity index (χ2n) is 6.30. The van der Waals surface area contributed by atoms with E-state index in [2.05, 4.69) is 59.0 Å². The van der Waals surface area contributed by atoms with Gasteiger partial charge in [-0.1, -0.05) is 49.9 Å². The van der Waals surface area contributed by atoms with Crippen molar-refractivity contribution >= 4 is 68.4 Å². The average molecular weight is 633 g/mol. The molecule has 0 aromatic heterocycles. The molecule has 0 aliphatic carbocycles. The van der Waals surface area contributed by atoms with Gasteiger partial charge in [0.05, 0.1) is 20.4 Å². The zero-order valence-electron chi connectivity index (χ0n) is 15.6. The number of halogens is 4. The Bertz CT molecular complexity index is 703. The minimum Gasteiger partial charge on any atom is -0.492 e. The molecule has 0 aliphatic rings. The van der Waals surface area contributed by atoms with Crippen LogP contribution >= 0.6 is 68.4 Å². The molecule has 27 heavy (non-hydrogen) atoms. The molecule has 0 unspecified atom stereocenters. The molecule has 2 rings (SSSR count). The summed E-state index contributed by atoms with van der Waals surface area (Å²) in [4.78, 5) is 0. The summed E-state index contributed by atoms with van der Waals surface area (Å²) >= 11 is 16.9. The second-order valence-corrected chi connectivity index (χ2v) is 9.50. The summed E-state index contributed by atoms with van der Waals surface area (Å²) < 4.78 is 14.3. The molecule has 0 bridgehead atoms. The van der Waals surface area contributed by atoms with Crippen LogP contribution in [0, 0.1) is 7.14 Å². The van der Waals surface area contributed by atoms with Crippen molar-refractivity contribution in [2.75, 3.05) is 13.2 Å². The Morgan fingerprint density at radius 2 is 1.15 bits per heavy atom. The molecule has 2 aromatic carbocycles. The van der Waals surface area contributed by atoms with Gasteiger partial charge in [0.25, 0.3) is 0 Å². The summed E-state index contributed by atoms with van der Waals surface area (Å²) in [5, 5.41) is 1.53. The largest absolute Gasteiger partial charge is 0.492 e. The van der Waals surface area contributed by atoms with Gasteiger partial charge in [0.15, 0.2) is 0 Å². The van der Waals surface area contributed by atoms with Crippen molar-refractivity contribution < 1.29 is 9.47 Å². The Balaban J connectivity index is 1.94. The molecular weight excluding hydrogens is 609 g/mol. The fourth-order valence-electron chi connectivity index (χ4n) is 2.87. The molecule has 0 amide bonds. The Labute approximate surface area is 199 Å². The Morgan fingerprint density at radius 1 is 0.741 bits per heavy atom. The van der Waals surface area contributed by atoms with Gasteiger partial charge in [-0.15, -0.1) is 0 Å². The molecular formula is C21H24Cl2I2O2. The van der Waals surface area contributed by atoms with Gasteiger partial charge in [0, 0.05) is 16.5 Å². The van der Waals surface area contributed by atoms with Gasteiger partial charge in [0.1, 0.15) is 11.5 Å². The van der Waals surface area contributed by atoms with Gasteiger partial charge < -0.3 is 9.47 Å². The van der Waals surface area contributed by atoms with Crippen LogP contribution in [0.2, 0.25) is 10.0 Å². The number of ether oxygens (including phenoxy) is 2. The standard InChI is InChI=1S/C21H24Cl2I2O2/c1-3-6-14-10-16(22)12-18(24)20(14)26-8-5-9-27-21-15(7-4-2)11-17(23)13-19(21)25/h10-13H,3-9H2,1-2H3. The molecule has 148 valence electrons. The van der Waals surface area contributed by atoms with Gasteiger partial charge in [-0.2, -0.15) is 0 Å². The topological polar surface area (TPSA) is 18.5 Å². The first-order valence-electron chi connectivity index (χ1n) is 9.17. The highest BCUT2D eigenvalue weighted by Gasteiger charge is 2.12. The third kappa shape index (κ3) is 7.12. The van der Waals surface area contributed by atoms with Gasteiger partial charge in [-0.05, 0) is 93.4 Å². The molecule has 0 radical (unpaired) electrons. The molecule has 0 atom stereocenters. The lowest BCUT2D eigenvalue weighted by atomic mass is 10.1. The quantitative estimate of drug-likeness (QED) is 0.196. The number of hydrogen-bond acceptors (Lipinski definition) is 2. The summed E-state index contributed by atoms with van der Waals surface area (Å²) in [6.07, 6.45) is 4.86. The van der Waals surface area contributed by atoms with Crippen molar-refractivity contribution in [3.05, 3.63) is 52.6 Å². The molecule has 0 saturated carbocycles. The molecule has 6 heteroatoms. The van der Waals surface area contributed by atoms with E-state index in [1.165, 1.54) is 11.1 Å². The van der Waals surface area contributed by atoms with Crippen molar-refractivity contribution in [1.29, 1.82) is 0 Å². The molecule has 0 aliphatic heterocycles. The van der Waals surface area contributed by atoms with E-state index in [1.807, 2.05) is 24.3 Å². The Hall–Kier alpha value is 0.0800. The van der Waals surface area contributed by atoms with Crippen LogP contribution in [-0.2, 0) is 12.8 Å². The molecule has 0 heterocycles. The van der Waals surface area contributed by atoms with Gasteiger partial charge in [0.2, 0.25) is 0 Å². The van der Waals surface area contributed by atoms with Crippen molar-refractivity contribution in [2.24, 2.45) is 0 Å². The summed E-state index contributed by atoms with van der Waals surface area (Å²) in [7, 11) is 0. The summed E-state index contributed by atoms with van der Waals surface area (Å²) in [6.45, 7) is 5.54. The lowest BCUT2D eigenvalue weighted by molar-refractivity contribution is 0.243. The van der Waals surface area contributed by atoms with E-state index in [-0.39, 0.29) is 0 Å². The first kappa shape index (κ1) is 23.4. The first-order chi connectivity index (χ1) is 13.0. The third-order valence-electron chi connectivity index (χ3n) is 3.99. The highest BCUT2D eigenvalue weighted by Crippen LogP contribution is 2.32. The minimum absolute atomic E-state index is 0.613. The van der Waals surface area contributed by atoms with E-state index in [9.17, 15) is 0 Å². The third-order valence-corrected chi connectivity index (χ3v) is 6.03. The van der Waals surface area contributed by atoms with Crippen LogP contribution in [-0.4, -0.2) is 13.2 Å². The summed E-state index contributed by atoms with van der Waals surface area (Å²) in [5.41, 5.74) is 2.35. The lowest BCUT2D eigenvalue weighted by Crippen LogP contribution is -2.09. The van der Waals surface area contributed by atoms with Crippen LogP contribution < -0.4 is 9.47 Å². The van der Waals surface area contributed by atoms with E-state index < -0.39 is 0 Å². The zero-order valence-corrected chi connectivity index (χ0v) is 21.4. The lowest BCUT2D eigenvalue weighted by Gasteiger charge is -2.16. The molecule has 0 N–H and O–H groups in total. The predicted molar refractivity (Wildman–Crippen MR) is 132 cm³/mol. The van der Waals surface area contributed by atoms with Gasteiger partial charge >= 0.3 is 0 Å². The van der Waals surface area contributed by atoms with Crippen LogP contribution in [0.5, 0.6) is 11.5 Å². The highest BCUT2D eigenvalue weighted by atomic mass is 127. The fraction of sp³-hybridized carbons (Fsp3) is 0.429. The smallest absolute Gasteiger partial charge is 0.135 e. The van der Waals surface area contributed by atoms with Gasteiger partial charge in [-0.3, -0.25) is 0 Å². The van der Waals surface area contributed by atoms with E-state index in [0.29, 0.717) is 13.2 Å². The Morgan fingerprint density at radius 3 is 1.52 bits per heavy atom. The van der Waals surface area contributed by atoms with Crippen molar-refractivity contribution in [1.82, 2.24) is 0 Å².